The van der Waals surface area contributed by atoms with Crippen LogP contribution in [-0.4, -0.2) is 34.3 Å². The molecule has 0 radical (unpaired) electrons. The summed E-state index contributed by atoms with van der Waals surface area (Å²) in [6, 6.07) is 4.73. The van der Waals surface area contributed by atoms with Gasteiger partial charge in [-0.15, -0.1) is 0 Å². The number of hydrogen-bond acceptors (Lipinski definition) is 3. The van der Waals surface area contributed by atoms with Crippen molar-refractivity contribution in [3.63, 3.8) is 0 Å². The first kappa shape index (κ1) is 22.2. The Kier molecular flexibility index (Phi) is 7.48. The molecule has 6 nitrogen and oxygen atoms in total. The Morgan fingerprint density at radius 3 is 2.57 bits per heavy atom. The summed E-state index contributed by atoms with van der Waals surface area (Å²) in [5.74, 6) is 0.275. The standard InChI is InChI=1S/C18H23BrF3N5O/c1-4-5-8-26(2)11-12-6-7-13(9-14(12)18(20,21)22)23-17(28)24-16-10-15(19)27(3)25-16/h6-7,9-10H,4-5,8,11H2,1-3H3,(H2,23,24,25,28). The van der Waals surface area contributed by atoms with Gasteiger partial charge in [0.2, 0.25) is 0 Å². The molecule has 0 aliphatic carbocycles. The van der Waals surface area contributed by atoms with Gasteiger partial charge in [-0.25, -0.2) is 4.79 Å². The normalized spacial score (nSPS) is 11.7. The van der Waals surface area contributed by atoms with Gasteiger partial charge in [0.1, 0.15) is 4.60 Å². The fraction of sp³-hybridized carbons (Fsp3) is 0.444. The average Bonchev–Trinajstić information content (AvgIpc) is 2.90. The molecule has 0 unspecified atom stereocenters. The Morgan fingerprint density at radius 1 is 1.29 bits per heavy atom. The highest BCUT2D eigenvalue weighted by Gasteiger charge is 2.33. The fourth-order valence-corrected chi connectivity index (χ4v) is 2.93. The van der Waals surface area contributed by atoms with E-state index >= 15 is 0 Å². The van der Waals surface area contributed by atoms with E-state index in [4.69, 9.17) is 0 Å². The van der Waals surface area contributed by atoms with Crippen LogP contribution in [0.15, 0.2) is 28.9 Å². The predicted octanol–water partition coefficient (Wildman–Crippen LogP) is 5.08. The maximum Gasteiger partial charge on any atom is 0.416 e. The quantitative estimate of drug-likeness (QED) is 0.604. The molecule has 0 aliphatic heterocycles. The molecule has 0 saturated carbocycles. The number of nitrogens with zero attached hydrogens (tertiary/aromatic N) is 3. The number of aromatic nitrogens is 2. The minimum absolute atomic E-state index is 0.0554. The van der Waals surface area contributed by atoms with Crippen LogP contribution in [0.1, 0.15) is 30.9 Å². The van der Waals surface area contributed by atoms with E-state index in [2.05, 4.69) is 31.7 Å². The van der Waals surface area contributed by atoms with Gasteiger partial charge in [0, 0.05) is 25.3 Å². The number of nitrogens with one attached hydrogen (secondary N) is 2. The number of alkyl halides is 3. The van der Waals surface area contributed by atoms with Gasteiger partial charge < -0.3 is 10.2 Å². The SMILES string of the molecule is CCCCN(C)Cc1ccc(NC(=O)Nc2cc(Br)n(C)n2)cc1C(F)(F)F. The molecule has 0 fully saturated rings. The topological polar surface area (TPSA) is 62.2 Å². The molecule has 1 aromatic carbocycles. The number of rotatable bonds is 7. The van der Waals surface area contributed by atoms with Crippen molar-refractivity contribution in [2.24, 2.45) is 7.05 Å². The number of carbonyl (C=O) groups is 1. The van der Waals surface area contributed by atoms with Crippen molar-refractivity contribution in [3.05, 3.63) is 40.0 Å². The van der Waals surface area contributed by atoms with Crippen LogP contribution in [0.3, 0.4) is 0 Å². The molecule has 2 amide bonds. The van der Waals surface area contributed by atoms with E-state index in [0.717, 1.165) is 25.5 Å². The molecular formula is C18H23BrF3N5O. The van der Waals surface area contributed by atoms with Crippen LogP contribution in [0, 0.1) is 0 Å². The predicted molar refractivity (Wildman–Crippen MR) is 106 cm³/mol. The lowest BCUT2D eigenvalue weighted by Gasteiger charge is -2.20. The number of benzene rings is 1. The Labute approximate surface area is 170 Å². The zero-order valence-corrected chi connectivity index (χ0v) is 17.5. The van der Waals surface area contributed by atoms with E-state index < -0.39 is 17.8 Å². The van der Waals surface area contributed by atoms with Crippen molar-refractivity contribution < 1.29 is 18.0 Å². The van der Waals surface area contributed by atoms with Crippen LogP contribution in [0.4, 0.5) is 29.5 Å². The highest BCUT2D eigenvalue weighted by molar-refractivity contribution is 9.10. The summed E-state index contributed by atoms with van der Waals surface area (Å²) in [5.41, 5.74) is -0.528. The maximum atomic E-state index is 13.5. The van der Waals surface area contributed by atoms with Gasteiger partial charge in [0.05, 0.1) is 5.56 Å². The Balaban J connectivity index is 2.13. The number of unbranched alkanes of at least 4 members (excludes halogenated alkanes) is 1. The molecule has 1 heterocycles. The van der Waals surface area contributed by atoms with E-state index in [9.17, 15) is 18.0 Å². The lowest BCUT2D eigenvalue weighted by molar-refractivity contribution is -0.138. The van der Waals surface area contributed by atoms with Crippen LogP contribution in [0.25, 0.3) is 0 Å². The monoisotopic (exact) mass is 461 g/mol. The van der Waals surface area contributed by atoms with Gasteiger partial charge >= 0.3 is 12.2 Å². The number of anilines is 2. The third kappa shape index (κ3) is 6.23. The van der Waals surface area contributed by atoms with Gasteiger partial charge in [-0.1, -0.05) is 19.4 Å². The van der Waals surface area contributed by atoms with Crippen LogP contribution in [0.5, 0.6) is 0 Å². The molecule has 10 heteroatoms. The second-order valence-electron chi connectivity index (χ2n) is 6.52. The molecule has 0 bridgehead atoms. The maximum absolute atomic E-state index is 13.5. The molecule has 0 aliphatic rings. The zero-order valence-electron chi connectivity index (χ0n) is 15.9. The van der Waals surface area contributed by atoms with Gasteiger partial charge in [-0.05, 0) is 53.6 Å². The highest BCUT2D eigenvalue weighted by atomic mass is 79.9. The molecular weight excluding hydrogens is 439 g/mol. The summed E-state index contributed by atoms with van der Waals surface area (Å²) in [4.78, 5) is 13.9. The largest absolute Gasteiger partial charge is 0.416 e. The Hall–Kier alpha value is -2.07. The summed E-state index contributed by atoms with van der Waals surface area (Å²) >= 11 is 3.25. The fourth-order valence-electron chi connectivity index (χ4n) is 2.64. The number of aryl methyl sites for hydroxylation is 1. The number of amides is 2. The Morgan fingerprint density at radius 2 is 2.00 bits per heavy atom. The van der Waals surface area contributed by atoms with E-state index in [1.165, 1.54) is 16.8 Å². The van der Waals surface area contributed by atoms with Gasteiger partial charge in [0.15, 0.2) is 5.82 Å². The molecule has 0 saturated heterocycles. The van der Waals surface area contributed by atoms with Gasteiger partial charge in [0.25, 0.3) is 0 Å². The number of hydrogen-bond donors (Lipinski definition) is 2. The average molecular weight is 462 g/mol. The van der Waals surface area contributed by atoms with E-state index in [1.807, 2.05) is 11.8 Å². The second-order valence-corrected chi connectivity index (χ2v) is 7.33. The summed E-state index contributed by atoms with van der Waals surface area (Å²) in [5, 5.41) is 8.93. The summed E-state index contributed by atoms with van der Waals surface area (Å²) in [7, 11) is 3.47. The van der Waals surface area contributed by atoms with Gasteiger partial charge in [-0.2, -0.15) is 18.3 Å². The third-order valence-electron chi connectivity index (χ3n) is 4.07. The van der Waals surface area contributed by atoms with Crippen molar-refractivity contribution in [2.75, 3.05) is 24.2 Å². The van der Waals surface area contributed by atoms with Crippen molar-refractivity contribution in [2.45, 2.75) is 32.5 Å². The molecule has 0 atom stereocenters. The second kappa shape index (κ2) is 9.42. The van der Waals surface area contributed by atoms with Crippen LogP contribution < -0.4 is 10.6 Å². The zero-order chi connectivity index (χ0) is 20.9. The number of halogens is 4. The van der Waals surface area contributed by atoms with E-state index in [-0.39, 0.29) is 23.6 Å². The van der Waals surface area contributed by atoms with E-state index in [1.54, 1.807) is 20.2 Å². The minimum Gasteiger partial charge on any atom is -0.308 e. The summed E-state index contributed by atoms with van der Waals surface area (Å²) in [6.07, 6.45) is -2.62. The smallest absolute Gasteiger partial charge is 0.308 e. The highest BCUT2D eigenvalue weighted by Crippen LogP contribution is 2.34. The molecule has 2 N–H and O–H groups in total. The first-order valence-electron chi connectivity index (χ1n) is 8.76. The summed E-state index contributed by atoms with van der Waals surface area (Å²) in [6.45, 7) is 2.93. The van der Waals surface area contributed by atoms with Crippen molar-refractivity contribution >= 4 is 33.5 Å². The number of urea groups is 1. The molecule has 1 aromatic heterocycles. The van der Waals surface area contributed by atoms with Crippen LogP contribution in [0.2, 0.25) is 0 Å². The lowest BCUT2D eigenvalue weighted by Crippen LogP contribution is -2.23. The van der Waals surface area contributed by atoms with Crippen LogP contribution in [-0.2, 0) is 19.8 Å². The molecule has 28 heavy (non-hydrogen) atoms. The van der Waals surface area contributed by atoms with Crippen molar-refractivity contribution in [1.82, 2.24) is 14.7 Å². The van der Waals surface area contributed by atoms with Crippen molar-refractivity contribution in [1.29, 1.82) is 0 Å². The van der Waals surface area contributed by atoms with E-state index in [0.29, 0.717) is 4.60 Å². The minimum atomic E-state index is -4.51. The number of carbonyl (C=O) groups excluding carboxylic acids is 1. The molecule has 2 aromatic rings. The van der Waals surface area contributed by atoms with Crippen molar-refractivity contribution in [3.8, 4) is 0 Å². The molecule has 154 valence electrons. The first-order valence-corrected chi connectivity index (χ1v) is 9.55. The first-order chi connectivity index (χ1) is 13.1. The van der Waals surface area contributed by atoms with Gasteiger partial charge in [-0.3, -0.25) is 10.00 Å². The molecule has 2 rings (SSSR count). The Bertz CT molecular complexity index is 803. The third-order valence-corrected chi connectivity index (χ3v) is 4.81. The van der Waals surface area contributed by atoms with Crippen LogP contribution >= 0.6 is 15.9 Å². The summed E-state index contributed by atoms with van der Waals surface area (Å²) < 4.78 is 42.6. The molecule has 0 spiro atoms. The lowest BCUT2D eigenvalue weighted by atomic mass is 10.1.